The van der Waals surface area contributed by atoms with Crippen LogP contribution in [0.4, 0.5) is 5.00 Å². The van der Waals surface area contributed by atoms with Crippen LogP contribution >= 0.6 is 19.2 Å². The number of rotatable bonds is 6. The summed E-state index contributed by atoms with van der Waals surface area (Å²) in [5, 5.41) is 7.60. The topological polar surface area (TPSA) is 166 Å². The molecule has 2 aromatic rings. The maximum Gasteiger partial charge on any atom is 0.471 e. The van der Waals surface area contributed by atoms with Crippen molar-refractivity contribution in [2.75, 3.05) is 12.4 Å². The van der Waals surface area contributed by atoms with Crippen molar-refractivity contribution in [1.29, 1.82) is 0 Å². The maximum atomic E-state index is 11.7. The molecule has 32 heavy (non-hydrogen) atoms. The normalized spacial score (nSPS) is 16.5. The standard InChI is InChI=1S/C13H20N2O2S.C6H9N2O5P/c1-12(2)6-7-8(10(14)16)11(15-5)18-9(7)13(3,4)17-12;1-5-2-7-8(6(5)3-9)4-13-14(10,11)12/h15H,6H2,1-5H3,(H2,14,16);2-3H,4H2,1H3,(H2,10,11,12). The summed E-state index contributed by atoms with van der Waals surface area (Å²) in [5.41, 5.74) is 7.37. The lowest BCUT2D eigenvalue weighted by Gasteiger charge is -2.41. The van der Waals surface area contributed by atoms with Gasteiger partial charge in [-0.1, -0.05) is 0 Å². The molecule has 0 radical (unpaired) electrons. The molecule has 3 rings (SSSR count). The fraction of sp³-hybridized carbons (Fsp3) is 0.526. The summed E-state index contributed by atoms with van der Waals surface area (Å²) >= 11 is 1.56. The Morgan fingerprint density at radius 1 is 1.44 bits per heavy atom. The van der Waals surface area contributed by atoms with Gasteiger partial charge < -0.3 is 25.6 Å². The summed E-state index contributed by atoms with van der Waals surface area (Å²) in [6, 6.07) is 0. The van der Waals surface area contributed by atoms with Gasteiger partial charge in [-0.2, -0.15) is 5.10 Å². The summed E-state index contributed by atoms with van der Waals surface area (Å²) in [6.07, 6.45) is 2.67. The molecule has 5 N–H and O–H groups in total. The van der Waals surface area contributed by atoms with Crippen molar-refractivity contribution < 1.29 is 33.2 Å². The molecule has 0 fully saturated rings. The van der Waals surface area contributed by atoms with E-state index < -0.39 is 14.6 Å². The van der Waals surface area contributed by atoms with E-state index in [-0.39, 0.29) is 22.8 Å². The lowest BCUT2D eigenvalue weighted by Crippen LogP contribution is -2.42. The highest BCUT2D eigenvalue weighted by atomic mass is 32.1. The number of anilines is 1. The first-order valence-corrected chi connectivity index (χ1v) is 12.0. The number of fused-ring (bicyclic) bond motifs is 1. The highest BCUT2D eigenvalue weighted by Gasteiger charge is 2.42. The van der Waals surface area contributed by atoms with Crippen LogP contribution in [0, 0.1) is 6.92 Å². The molecule has 0 bridgehead atoms. The number of nitrogens with one attached hydrogen (secondary N) is 1. The van der Waals surface area contributed by atoms with E-state index in [9.17, 15) is 14.2 Å². The van der Waals surface area contributed by atoms with Crippen LogP contribution in [-0.4, -0.2) is 44.4 Å². The van der Waals surface area contributed by atoms with Crippen LogP contribution in [0.15, 0.2) is 6.20 Å². The number of aromatic nitrogens is 2. The van der Waals surface area contributed by atoms with E-state index in [0.717, 1.165) is 20.1 Å². The number of amides is 1. The van der Waals surface area contributed by atoms with E-state index in [4.69, 9.17) is 20.3 Å². The van der Waals surface area contributed by atoms with Gasteiger partial charge in [-0.3, -0.25) is 14.1 Å². The molecular weight excluding hydrogens is 459 g/mol. The zero-order valence-corrected chi connectivity index (χ0v) is 20.5. The Morgan fingerprint density at radius 2 is 2.06 bits per heavy atom. The Kier molecular flexibility index (Phi) is 7.71. The van der Waals surface area contributed by atoms with Crippen molar-refractivity contribution >= 4 is 36.4 Å². The molecular formula is C19H29N4O7PS. The van der Waals surface area contributed by atoms with Gasteiger partial charge in [0.25, 0.3) is 5.91 Å². The summed E-state index contributed by atoms with van der Waals surface area (Å²) in [6.45, 7) is 9.36. The number of carbonyl (C=O) groups is 2. The minimum atomic E-state index is -4.53. The zero-order valence-electron chi connectivity index (χ0n) is 18.8. The van der Waals surface area contributed by atoms with E-state index in [1.165, 1.54) is 6.20 Å². The van der Waals surface area contributed by atoms with Crippen LogP contribution in [0.2, 0.25) is 0 Å². The van der Waals surface area contributed by atoms with Crippen molar-refractivity contribution in [3.8, 4) is 0 Å². The van der Waals surface area contributed by atoms with Crippen molar-refractivity contribution in [2.45, 2.75) is 59.0 Å². The molecule has 1 amide bonds. The van der Waals surface area contributed by atoms with Crippen LogP contribution in [0.3, 0.4) is 0 Å². The average molecular weight is 489 g/mol. The number of hydrogen-bond acceptors (Lipinski definition) is 8. The van der Waals surface area contributed by atoms with Gasteiger partial charge in [0.2, 0.25) is 0 Å². The monoisotopic (exact) mass is 488 g/mol. The minimum Gasteiger partial charge on any atom is -0.379 e. The first-order valence-electron chi connectivity index (χ1n) is 9.63. The fourth-order valence-electron chi connectivity index (χ4n) is 3.63. The molecule has 0 aliphatic carbocycles. The van der Waals surface area contributed by atoms with Crippen LogP contribution in [0.25, 0.3) is 0 Å². The molecule has 1 aliphatic heterocycles. The number of primary amides is 1. The molecule has 178 valence electrons. The molecule has 3 heterocycles. The number of aldehydes is 1. The zero-order chi connectivity index (χ0) is 24.5. The fourth-order valence-corrected chi connectivity index (χ4v) is 5.11. The van der Waals surface area contributed by atoms with Gasteiger partial charge in [0.1, 0.15) is 10.7 Å². The van der Waals surface area contributed by atoms with E-state index in [0.29, 0.717) is 23.8 Å². The first-order chi connectivity index (χ1) is 14.6. The largest absolute Gasteiger partial charge is 0.471 e. The van der Waals surface area contributed by atoms with E-state index in [1.54, 1.807) is 18.3 Å². The van der Waals surface area contributed by atoms with E-state index >= 15 is 0 Å². The van der Waals surface area contributed by atoms with Gasteiger partial charge in [0, 0.05) is 18.3 Å². The lowest BCUT2D eigenvalue weighted by atomic mass is 9.86. The number of thiophene rings is 1. The van der Waals surface area contributed by atoms with Crippen molar-refractivity contribution in [3.05, 3.63) is 33.5 Å². The van der Waals surface area contributed by atoms with Gasteiger partial charge in [0.15, 0.2) is 13.0 Å². The second-order valence-electron chi connectivity index (χ2n) is 8.36. The number of phosphoric acid groups is 1. The second kappa shape index (κ2) is 9.42. The van der Waals surface area contributed by atoms with Crippen molar-refractivity contribution in [2.24, 2.45) is 5.73 Å². The average Bonchev–Trinajstić information content (AvgIpc) is 3.18. The molecule has 11 nitrogen and oxygen atoms in total. The minimum absolute atomic E-state index is 0.235. The molecule has 0 saturated heterocycles. The van der Waals surface area contributed by atoms with Crippen LogP contribution < -0.4 is 11.1 Å². The van der Waals surface area contributed by atoms with Crippen LogP contribution in [0.1, 0.15) is 64.5 Å². The molecule has 2 aromatic heterocycles. The number of ether oxygens (including phenoxy) is 1. The number of hydrogen-bond donors (Lipinski definition) is 4. The Balaban J connectivity index is 0.000000235. The summed E-state index contributed by atoms with van der Waals surface area (Å²) in [7, 11) is -2.72. The predicted molar refractivity (Wildman–Crippen MR) is 120 cm³/mol. The Bertz CT molecular complexity index is 1050. The third-order valence-electron chi connectivity index (χ3n) is 4.69. The number of carbonyl (C=O) groups excluding carboxylic acids is 2. The van der Waals surface area contributed by atoms with Crippen molar-refractivity contribution in [1.82, 2.24) is 9.78 Å². The van der Waals surface area contributed by atoms with Gasteiger partial charge in [0.05, 0.1) is 23.0 Å². The molecule has 0 aromatic carbocycles. The maximum absolute atomic E-state index is 11.7. The van der Waals surface area contributed by atoms with Crippen LogP contribution in [0.5, 0.6) is 0 Å². The molecule has 1 aliphatic rings. The molecule has 13 heteroatoms. The van der Waals surface area contributed by atoms with Gasteiger partial charge in [-0.15, -0.1) is 11.3 Å². The SMILES string of the molecule is CNc1sc2c(c1C(N)=O)CC(C)(C)OC2(C)C.Cc1cnn(COP(=O)(O)O)c1C=O. The lowest BCUT2D eigenvalue weighted by molar-refractivity contribution is -0.135. The number of nitrogens with two attached hydrogens (primary N) is 1. The smallest absolute Gasteiger partial charge is 0.379 e. The number of phosphoric ester groups is 1. The van der Waals surface area contributed by atoms with Gasteiger partial charge >= 0.3 is 7.82 Å². The first kappa shape index (κ1) is 26.2. The van der Waals surface area contributed by atoms with Crippen LogP contribution in [-0.2, 0) is 32.6 Å². The third-order valence-corrected chi connectivity index (χ3v) is 6.70. The summed E-state index contributed by atoms with van der Waals surface area (Å²) in [5.74, 6) is -0.370. The number of aryl methyl sites for hydroxylation is 1. The summed E-state index contributed by atoms with van der Waals surface area (Å²) in [4.78, 5) is 40.1. The number of nitrogens with zero attached hydrogens (tertiary/aromatic N) is 2. The van der Waals surface area contributed by atoms with E-state index in [1.807, 2.05) is 34.7 Å². The highest BCUT2D eigenvalue weighted by Crippen LogP contribution is 2.47. The molecule has 0 saturated carbocycles. The molecule has 0 spiro atoms. The van der Waals surface area contributed by atoms with Gasteiger partial charge in [-0.05, 0) is 45.7 Å². The van der Waals surface area contributed by atoms with Gasteiger partial charge in [-0.25, -0.2) is 9.25 Å². The quantitative estimate of drug-likeness (QED) is 0.353. The molecule has 0 atom stereocenters. The Hall–Kier alpha value is -2.08. The highest BCUT2D eigenvalue weighted by molar-refractivity contribution is 7.46. The predicted octanol–water partition coefficient (Wildman–Crippen LogP) is 2.55. The summed E-state index contributed by atoms with van der Waals surface area (Å²) < 4.78 is 21.7. The molecule has 0 unspecified atom stereocenters. The van der Waals surface area contributed by atoms with Crippen molar-refractivity contribution in [3.63, 3.8) is 0 Å². The second-order valence-corrected chi connectivity index (χ2v) is 10.6. The Labute approximate surface area is 190 Å². The third kappa shape index (κ3) is 6.03. The van der Waals surface area contributed by atoms with E-state index in [2.05, 4.69) is 14.9 Å². The Morgan fingerprint density at radius 3 is 2.56 bits per heavy atom.